The summed E-state index contributed by atoms with van der Waals surface area (Å²) in [5.41, 5.74) is -0.473. The van der Waals surface area contributed by atoms with Crippen LogP contribution in [0, 0.1) is 10.1 Å². The Labute approximate surface area is 118 Å². The SMILES string of the molecule is O=C(O)CC(Oc1cc([N+](=O)[O-])ccc1Br)C(F)(F)F. The Hall–Kier alpha value is -1.84. The van der Waals surface area contributed by atoms with Crippen LogP contribution >= 0.6 is 15.9 Å². The van der Waals surface area contributed by atoms with Gasteiger partial charge in [0.2, 0.25) is 6.10 Å². The molecule has 20 heavy (non-hydrogen) atoms. The summed E-state index contributed by atoms with van der Waals surface area (Å²) in [7, 11) is 0. The van der Waals surface area contributed by atoms with Crippen LogP contribution in [0.4, 0.5) is 18.9 Å². The predicted molar refractivity (Wildman–Crippen MR) is 63.5 cm³/mol. The second kappa shape index (κ2) is 6.07. The van der Waals surface area contributed by atoms with Crippen LogP contribution < -0.4 is 4.74 Å². The Morgan fingerprint density at radius 3 is 2.55 bits per heavy atom. The van der Waals surface area contributed by atoms with Gasteiger partial charge in [-0.25, -0.2) is 0 Å². The molecular weight excluding hydrogens is 351 g/mol. The first-order valence-corrected chi connectivity index (χ1v) is 5.79. The molecule has 0 bridgehead atoms. The molecule has 0 aliphatic heterocycles. The van der Waals surface area contributed by atoms with Crippen LogP contribution in [-0.4, -0.2) is 28.3 Å². The normalized spacial score (nSPS) is 12.8. The van der Waals surface area contributed by atoms with Crippen LogP contribution in [0.15, 0.2) is 22.7 Å². The van der Waals surface area contributed by atoms with E-state index in [2.05, 4.69) is 20.7 Å². The van der Waals surface area contributed by atoms with E-state index in [0.29, 0.717) is 0 Å². The number of nitro benzene ring substituents is 1. The smallest absolute Gasteiger partial charge is 0.426 e. The van der Waals surface area contributed by atoms with E-state index in [1.54, 1.807) is 0 Å². The summed E-state index contributed by atoms with van der Waals surface area (Å²) in [5.74, 6) is -2.16. The number of aliphatic carboxylic acids is 1. The number of nitrogens with zero attached hydrogens (tertiary/aromatic N) is 1. The third kappa shape index (κ3) is 4.37. The Morgan fingerprint density at radius 2 is 2.10 bits per heavy atom. The van der Waals surface area contributed by atoms with E-state index >= 15 is 0 Å². The molecule has 1 N–H and O–H groups in total. The van der Waals surface area contributed by atoms with Crippen molar-refractivity contribution in [3.8, 4) is 5.75 Å². The van der Waals surface area contributed by atoms with Crippen molar-refractivity contribution in [2.75, 3.05) is 0 Å². The Morgan fingerprint density at radius 1 is 1.50 bits per heavy atom. The summed E-state index contributed by atoms with van der Waals surface area (Å²) in [4.78, 5) is 20.1. The third-order valence-electron chi connectivity index (χ3n) is 2.12. The number of hydrogen-bond acceptors (Lipinski definition) is 4. The largest absolute Gasteiger partial charge is 0.481 e. The van der Waals surface area contributed by atoms with E-state index < -0.39 is 41.0 Å². The molecule has 1 aromatic carbocycles. The molecule has 0 saturated heterocycles. The number of non-ortho nitro benzene ring substituents is 1. The first-order valence-electron chi connectivity index (χ1n) is 5.00. The summed E-state index contributed by atoms with van der Waals surface area (Å²) in [6, 6.07) is 2.99. The van der Waals surface area contributed by atoms with Crippen molar-refractivity contribution in [1.29, 1.82) is 0 Å². The van der Waals surface area contributed by atoms with Gasteiger partial charge < -0.3 is 9.84 Å². The summed E-state index contributed by atoms with van der Waals surface area (Å²) in [6.07, 6.45) is -8.82. The van der Waals surface area contributed by atoms with Crippen LogP contribution in [0.25, 0.3) is 0 Å². The summed E-state index contributed by atoms with van der Waals surface area (Å²) in [5, 5.41) is 19.0. The second-order valence-corrected chi connectivity index (χ2v) is 4.47. The van der Waals surface area contributed by atoms with Crippen molar-refractivity contribution in [1.82, 2.24) is 0 Å². The predicted octanol–water partition coefficient (Wildman–Crippen LogP) is 3.14. The first kappa shape index (κ1) is 16.2. The number of carboxylic acids is 1. The molecule has 0 aromatic heterocycles. The number of halogens is 4. The number of alkyl halides is 3. The summed E-state index contributed by atoms with van der Waals surface area (Å²) in [6.45, 7) is 0. The van der Waals surface area contributed by atoms with Gasteiger partial charge in [-0.05, 0) is 22.0 Å². The number of carbonyl (C=O) groups is 1. The van der Waals surface area contributed by atoms with E-state index in [1.165, 1.54) is 0 Å². The molecule has 0 aliphatic carbocycles. The van der Waals surface area contributed by atoms with Crippen molar-refractivity contribution in [3.63, 3.8) is 0 Å². The molecule has 6 nitrogen and oxygen atoms in total. The lowest BCUT2D eigenvalue weighted by atomic mass is 10.2. The highest BCUT2D eigenvalue weighted by Gasteiger charge is 2.43. The minimum Gasteiger partial charge on any atom is -0.481 e. The molecule has 0 aliphatic rings. The van der Waals surface area contributed by atoms with Gasteiger partial charge in [-0.3, -0.25) is 14.9 Å². The van der Waals surface area contributed by atoms with Crippen LogP contribution in [0.2, 0.25) is 0 Å². The van der Waals surface area contributed by atoms with Gasteiger partial charge in [0.25, 0.3) is 5.69 Å². The fourth-order valence-corrected chi connectivity index (χ4v) is 1.57. The maximum absolute atomic E-state index is 12.6. The zero-order valence-corrected chi connectivity index (χ0v) is 11.1. The molecule has 0 fully saturated rings. The minimum absolute atomic E-state index is 0.0442. The lowest BCUT2D eigenvalue weighted by molar-refractivity contribution is -0.385. The zero-order valence-electron chi connectivity index (χ0n) is 9.56. The number of carboxylic acid groups (broad SMARTS) is 1. The minimum atomic E-state index is -4.91. The van der Waals surface area contributed by atoms with Crippen molar-refractivity contribution >= 4 is 27.6 Å². The van der Waals surface area contributed by atoms with Gasteiger partial charge >= 0.3 is 12.1 Å². The van der Waals surface area contributed by atoms with E-state index in [4.69, 9.17) is 5.11 Å². The molecule has 0 radical (unpaired) electrons. The van der Waals surface area contributed by atoms with Gasteiger partial charge in [0.1, 0.15) is 5.75 Å². The van der Waals surface area contributed by atoms with Crippen LogP contribution in [-0.2, 0) is 4.79 Å². The van der Waals surface area contributed by atoms with Gasteiger partial charge in [0.15, 0.2) is 0 Å². The summed E-state index contributed by atoms with van der Waals surface area (Å²) >= 11 is 2.88. The van der Waals surface area contributed by atoms with Crippen LogP contribution in [0.5, 0.6) is 5.75 Å². The van der Waals surface area contributed by atoms with Crippen molar-refractivity contribution in [2.45, 2.75) is 18.7 Å². The van der Waals surface area contributed by atoms with E-state index in [9.17, 15) is 28.1 Å². The molecule has 1 unspecified atom stereocenters. The van der Waals surface area contributed by atoms with Crippen molar-refractivity contribution in [2.24, 2.45) is 0 Å². The molecule has 0 saturated carbocycles. The zero-order chi connectivity index (χ0) is 15.5. The van der Waals surface area contributed by atoms with E-state index in [-0.39, 0.29) is 4.47 Å². The lowest BCUT2D eigenvalue weighted by Gasteiger charge is -2.20. The molecule has 1 atom stereocenters. The van der Waals surface area contributed by atoms with Gasteiger partial charge in [0, 0.05) is 6.07 Å². The standard InChI is InChI=1S/C10H7BrF3NO5/c11-6-2-1-5(15(18)19)3-7(6)20-8(4-9(16)17)10(12,13)14/h1-3,8H,4H2,(H,16,17). The number of nitro groups is 1. The van der Waals surface area contributed by atoms with Crippen LogP contribution in [0.1, 0.15) is 6.42 Å². The monoisotopic (exact) mass is 357 g/mol. The van der Waals surface area contributed by atoms with Gasteiger partial charge in [-0.1, -0.05) is 0 Å². The fraction of sp³-hybridized carbons (Fsp3) is 0.300. The highest BCUT2D eigenvalue weighted by molar-refractivity contribution is 9.10. The Kier molecular flexibility index (Phi) is 4.93. The fourth-order valence-electron chi connectivity index (χ4n) is 1.23. The summed E-state index contributed by atoms with van der Waals surface area (Å²) < 4.78 is 42.5. The molecule has 0 amide bonds. The quantitative estimate of drug-likeness (QED) is 0.645. The van der Waals surface area contributed by atoms with Crippen molar-refractivity contribution in [3.05, 3.63) is 32.8 Å². The molecule has 10 heteroatoms. The van der Waals surface area contributed by atoms with Gasteiger partial charge in [-0.15, -0.1) is 0 Å². The topological polar surface area (TPSA) is 89.7 Å². The highest BCUT2D eigenvalue weighted by Crippen LogP contribution is 2.34. The lowest BCUT2D eigenvalue weighted by Crippen LogP contribution is -2.36. The number of hydrogen-bond donors (Lipinski definition) is 1. The Bertz CT molecular complexity index is 534. The van der Waals surface area contributed by atoms with E-state index in [0.717, 1.165) is 18.2 Å². The maximum atomic E-state index is 12.6. The number of ether oxygens (including phenoxy) is 1. The molecule has 1 rings (SSSR count). The molecular formula is C10H7BrF3NO5. The van der Waals surface area contributed by atoms with Crippen molar-refractivity contribution < 1.29 is 32.7 Å². The van der Waals surface area contributed by atoms with E-state index in [1.807, 2.05) is 0 Å². The molecule has 110 valence electrons. The average Bonchev–Trinajstić information content (AvgIpc) is 2.28. The molecule has 0 spiro atoms. The Balaban J connectivity index is 3.07. The highest BCUT2D eigenvalue weighted by atomic mass is 79.9. The molecule has 0 heterocycles. The number of rotatable bonds is 5. The number of benzene rings is 1. The molecule has 1 aromatic rings. The second-order valence-electron chi connectivity index (χ2n) is 3.62. The average molecular weight is 358 g/mol. The first-order chi connectivity index (χ1) is 9.11. The van der Waals surface area contributed by atoms with Crippen LogP contribution in [0.3, 0.4) is 0 Å². The maximum Gasteiger partial charge on any atom is 0.426 e. The van der Waals surface area contributed by atoms with Gasteiger partial charge in [-0.2, -0.15) is 13.2 Å². The van der Waals surface area contributed by atoms with Gasteiger partial charge in [0.05, 0.1) is 21.9 Å². The third-order valence-corrected chi connectivity index (χ3v) is 2.78.